The third-order valence-corrected chi connectivity index (χ3v) is 5.46. The van der Waals surface area contributed by atoms with Crippen molar-refractivity contribution in [3.05, 3.63) is 35.0 Å². The first-order chi connectivity index (χ1) is 14.1. The Morgan fingerprint density at radius 1 is 1.37 bits per heavy atom. The minimum absolute atomic E-state index is 0.00126. The molecule has 160 valence electrons. The molecule has 1 aromatic heterocycles. The molecule has 1 aromatic carbocycles. The lowest BCUT2D eigenvalue weighted by atomic mass is 10.0. The minimum Gasteiger partial charge on any atom is -0.434 e. The standard InChI is InChI=1S/C19H18F4N4O3/c1-8-12(28)7-27(8)18-25-14(11-4-5-19(22,23)15(11)26-18)9-2-3-10(16(24)29)13(6-9)30-17(20)21/h2-3,6,8,12,17,28H,4-5,7H2,1H3,(H2,24,29)/t8-,12+/m0/s1. The van der Waals surface area contributed by atoms with Crippen LogP contribution in [0.5, 0.6) is 5.75 Å². The fourth-order valence-corrected chi connectivity index (χ4v) is 3.70. The number of fused-ring (bicyclic) bond motifs is 1. The molecule has 30 heavy (non-hydrogen) atoms. The molecule has 0 bridgehead atoms. The number of carbonyl (C=O) groups is 1. The molecule has 2 aliphatic rings. The summed E-state index contributed by atoms with van der Waals surface area (Å²) in [4.78, 5) is 21.5. The number of alkyl halides is 4. The third-order valence-electron chi connectivity index (χ3n) is 5.46. The second-order valence-corrected chi connectivity index (χ2v) is 7.32. The van der Waals surface area contributed by atoms with Crippen molar-refractivity contribution in [2.24, 2.45) is 5.73 Å². The maximum absolute atomic E-state index is 14.5. The van der Waals surface area contributed by atoms with Gasteiger partial charge < -0.3 is 20.5 Å². The van der Waals surface area contributed by atoms with Crippen LogP contribution in [0.4, 0.5) is 23.5 Å². The van der Waals surface area contributed by atoms with E-state index in [9.17, 15) is 27.5 Å². The van der Waals surface area contributed by atoms with Gasteiger partial charge in [0.25, 0.3) is 11.8 Å². The normalized spacial score (nSPS) is 22.0. The molecule has 1 aliphatic heterocycles. The summed E-state index contributed by atoms with van der Waals surface area (Å²) in [6.07, 6.45) is -1.09. The van der Waals surface area contributed by atoms with Crippen LogP contribution in [0.25, 0.3) is 11.3 Å². The lowest BCUT2D eigenvalue weighted by molar-refractivity contribution is -0.0501. The summed E-state index contributed by atoms with van der Waals surface area (Å²) < 4.78 is 58.9. The number of amides is 1. The number of ether oxygens (including phenoxy) is 1. The molecule has 0 saturated carbocycles. The van der Waals surface area contributed by atoms with Crippen LogP contribution in [0.15, 0.2) is 18.2 Å². The lowest BCUT2D eigenvalue weighted by Gasteiger charge is -2.43. The molecule has 1 fully saturated rings. The molecule has 3 N–H and O–H groups in total. The van der Waals surface area contributed by atoms with Gasteiger partial charge in [-0.25, -0.2) is 9.97 Å². The molecule has 0 unspecified atom stereocenters. The summed E-state index contributed by atoms with van der Waals surface area (Å²) in [6, 6.07) is 3.34. The van der Waals surface area contributed by atoms with E-state index in [-0.39, 0.29) is 47.3 Å². The fraction of sp³-hybridized carbons (Fsp3) is 0.421. The molecular formula is C19H18F4N4O3. The Labute approximate surface area is 168 Å². The largest absolute Gasteiger partial charge is 0.434 e. The number of rotatable bonds is 5. The van der Waals surface area contributed by atoms with Crippen LogP contribution in [-0.4, -0.2) is 46.3 Å². The Kier molecular flexibility index (Phi) is 4.80. The number of benzene rings is 1. The van der Waals surface area contributed by atoms with Gasteiger partial charge in [0.1, 0.15) is 11.4 Å². The summed E-state index contributed by atoms with van der Waals surface area (Å²) in [7, 11) is 0. The number of aliphatic hydroxyl groups excluding tert-OH is 1. The Morgan fingerprint density at radius 3 is 2.70 bits per heavy atom. The topological polar surface area (TPSA) is 102 Å². The predicted molar refractivity (Wildman–Crippen MR) is 97.6 cm³/mol. The monoisotopic (exact) mass is 426 g/mol. The summed E-state index contributed by atoms with van der Waals surface area (Å²) in [5, 5.41) is 9.76. The Hall–Kier alpha value is -2.95. The first-order valence-electron chi connectivity index (χ1n) is 9.21. The van der Waals surface area contributed by atoms with Crippen LogP contribution >= 0.6 is 0 Å². The van der Waals surface area contributed by atoms with Crippen molar-refractivity contribution in [2.45, 2.75) is 44.4 Å². The minimum atomic E-state index is -3.21. The zero-order valence-corrected chi connectivity index (χ0v) is 15.8. The highest BCUT2D eigenvalue weighted by molar-refractivity contribution is 5.96. The van der Waals surface area contributed by atoms with Crippen LogP contribution in [0.2, 0.25) is 0 Å². The Balaban J connectivity index is 1.86. The summed E-state index contributed by atoms with van der Waals surface area (Å²) in [6.45, 7) is -1.32. The maximum Gasteiger partial charge on any atom is 0.387 e. The smallest absolute Gasteiger partial charge is 0.387 e. The number of halogens is 4. The molecule has 1 amide bonds. The van der Waals surface area contributed by atoms with Crippen molar-refractivity contribution in [1.82, 2.24) is 9.97 Å². The molecule has 7 nitrogen and oxygen atoms in total. The SMILES string of the molecule is C[C@H]1[C@H](O)CN1c1nc(-c2ccc(C(N)=O)c(OC(F)F)c2)c2c(n1)C(F)(F)CC2. The van der Waals surface area contributed by atoms with E-state index in [2.05, 4.69) is 14.7 Å². The number of hydrogen-bond acceptors (Lipinski definition) is 6. The van der Waals surface area contributed by atoms with Crippen LogP contribution in [0.1, 0.15) is 35.0 Å². The van der Waals surface area contributed by atoms with E-state index in [1.165, 1.54) is 12.1 Å². The van der Waals surface area contributed by atoms with Gasteiger partial charge in [-0.15, -0.1) is 0 Å². The van der Waals surface area contributed by atoms with Crippen molar-refractivity contribution in [1.29, 1.82) is 0 Å². The quantitative estimate of drug-likeness (QED) is 0.713. The molecule has 2 atom stereocenters. The van der Waals surface area contributed by atoms with Crippen molar-refractivity contribution < 1.29 is 32.2 Å². The van der Waals surface area contributed by atoms with Gasteiger partial charge in [-0.2, -0.15) is 17.6 Å². The first-order valence-corrected chi connectivity index (χ1v) is 9.21. The first kappa shape index (κ1) is 20.3. The number of aliphatic hydroxyl groups is 1. The van der Waals surface area contributed by atoms with Gasteiger partial charge in [0, 0.05) is 24.1 Å². The van der Waals surface area contributed by atoms with Gasteiger partial charge in [0.2, 0.25) is 5.95 Å². The van der Waals surface area contributed by atoms with Crippen LogP contribution < -0.4 is 15.4 Å². The maximum atomic E-state index is 14.5. The molecule has 1 saturated heterocycles. The fourth-order valence-electron chi connectivity index (χ4n) is 3.70. The number of β-amino-alcohol motifs (C(OH)–C–C–N with tert-alkyl or cyclic N) is 1. The molecule has 0 radical (unpaired) electrons. The predicted octanol–water partition coefficient (Wildman–Crippen LogP) is 2.45. The van der Waals surface area contributed by atoms with Crippen LogP contribution in [0.3, 0.4) is 0 Å². The van der Waals surface area contributed by atoms with Crippen LogP contribution in [0, 0.1) is 0 Å². The molecule has 4 rings (SSSR count). The van der Waals surface area contributed by atoms with Gasteiger partial charge >= 0.3 is 6.61 Å². The number of hydrogen-bond donors (Lipinski definition) is 2. The Bertz CT molecular complexity index is 1020. The van der Waals surface area contributed by atoms with Gasteiger partial charge in [0.15, 0.2) is 0 Å². The van der Waals surface area contributed by atoms with Gasteiger partial charge in [-0.1, -0.05) is 6.07 Å². The van der Waals surface area contributed by atoms with E-state index in [1.54, 1.807) is 11.8 Å². The van der Waals surface area contributed by atoms with Crippen molar-refractivity contribution in [3.63, 3.8) is 0 Å². The molecule has 2 aromatic rings. The molecule has 2 heterocycles. The lowest BCUT2D eigenvalue weighted by Crippen LogP contribution is -2.59. The number of primary amides is 1. The number of anilines is 1. The summed E-state index contributed by atoms with van der Waals surface area (Å²) in [5.41, 5.74) is 5.06. The molecular weight excluding hydrogens is 408 g/mol. The highest BCUT2D eigenvalue weighted by Crippen LogP contribution is 2.45. The summed E-state index contributed by atoms with van der Waals surface area (Å²) in [5.74, 6) is -4.59. The second kappa shape index (κ2) is 7.08. The second-order valence-electron chi connectivity index (χ2n) is 7.32. The number of aromatic nitrogens is 2. The average Bonchev–Trinajstić information content (AvgIpc) is 2.99. The molecule has 11 heteroatoms. The number of nitrogens with two attached hydrogens (primary N) is 1. The number of nitrogens with zero attached hydrogens (tertiary/aromatic N) is 3. The highest BCUT2D eigenvalue weighted by atomic mass is 19.3. The zero-order chi connectivity index (χ0) is 21.8. The summed E-state index contributed by atoms with van der Waals surface area (Å²) >= 11 is 0. The van der Waals surface area contributed by atoms with E-state index < -0.39 is 42.4 Å². The number of carbonyl (C=O) groups excluding carboxylic acids is 1. The Morgan fingerprint density at radius 2 is 2.10 bits per heavy atom. The van der Waals surface area contributed by atoms with Crippen LogP contribution in [-0.2, 0) is 12.3 Å². The van der Waals surface area contributed by atoms with E-state index in [0.29, 0.717) is 0 Å². The molecule has 1 aliphatic carbocycles. The van der Waals surface area contributed by atoms with Gasteiger partial charge in [0.05, 0.1) is 23.4 Å². The van der Waals surface area contributed by atoms with Gasteiger partial charge in [-0.05, 0) is 25.5 Å². The average molecular weight is 426 g/mol. The van der Waals surface area contributed by atoms with Gasteiger partial charge in [-0.3, -0.25) is 4.79 Å². The van der Waals surface area contributed by atoms with Crippen molar-refractivity contribution in [2.75, 3.05) is 11.4 Å². The zero-order valence-electron chi connectivity index (χ0n) is 15.8. The van der Waals surface area contributed by atoms with E-state index >= 15 is 0 Å². The van der Waals surface area contributed by atoms with E-state index in [4.69, 9.17) is 5.73 Å². The van der Waals surface area contributed by atoms with E-state index in [0.717, 1.165) is 6.07 Å². The third kappa shape index (κ3) is 3.32. The van der Waals surface area contributed by atoms with Crippen molar-refractivity contribution in [3.8, 4) is 17.0 Å². The van der Waals surface area contributed by atoms with Crippen molar-refractivity contribution >= 4 is 11.9 Å². The molecule has 0 spiro atoms. The highest BCUT2D eigenvalue weighted by Gasteiger charge is 2.45. The van der Waals surface area contributed by atoms with E-state index in [1.807, 2.05) is 0 Å².